The molecule has 1 amide bonds. The number of carbonyl (C=O) groups is 2. The van der Waals surface area contributed by atoms with Crippen molar-refractivity contribution in [2.24, 2.45) is 0 Å². The number of amides is 1. The van der Waals surface area contributed by atoms with Gasteiger partial charge < -0.3 is 15.2 Å². The minimum absolute atomic E-state index is 0.104. The molecule has 1 atom stereocenters. The summed E-state index contributed by atoms with van der Waals surface area (Å²) in [7, 11) is 0. The molecule has 3 rings (SSSR count). The molecule has 138 valence electrons. The molecule has 0 aliphatic carbocycles. The summed E-state index contributed by atoms with van der Waals surface area (Å²) in [6, 6.07) is 12.8. The molecule has 0 radical (unpaired) electrons. The van der Waals surface area contributed by atoms with Gasteiger partial charge >= 0.3 is 12.1 Å². The fourth-order valence-electron chi connectivity index (χ4n) is 3.18. The number of carboxylic acids is 1. The standard InChI is InChI=1S/C20H24N2O4/c1-20(2,3)26-19(25)21-16-11-22(12-16)17(18(23)24)15-9-8-13-6-4-5-7-14(13)10-15/h4-10,16-17H,11-12H2,1-3H3,(H,21,25)(H,23,24)/t17-/m1/s1. The first kappa shape index (κ1) is 18.2. The normalized spacial score (nSPS) is 16.7. The third-order valence-corrected chi connectivity index (χ3v) is 4.32. The third kappa shape index (κ3) is 4.14. The molecule has 0 unspecified atom stereocenters. The monoisotopic (exact) mass is 356 g/mol. The maximum absolute atomic E-state index is 11.8. The Kier molecular flexibility index (Phi) is 4.87. The lowest BCUT2D eigenvalue weighted by Crippen LogP contribution is -2.61. The van der Waals surface area contributed by atoms with Crippen LogP contribution in [0.3, 0.4) is 0 Å². The predicted octanol–water partition coefficient (Wildman–Crippen LogP) is 3.17. The van der Waals surface area contributed by atoms with Crippen LogP contribution in [0.25, 0.3) is 10.8 Å². The molecule has 2 aromatic carbocycles. The van der Waals surface area contributed by atoms with E-state index in [1.807, 2.05) is 47.4 Å². The van der Waals surface area contributed by atoms with Crippen LogP contribution in [0.5, 0.6) is 0 Å². The number of alkyl carbamates (subject to hydrolysis) is 1. The van der Waals surface area contributed by atoms with Crippen molar-refractivity contribution in [3.8, 4) is 0 Å². The number of hydrogen-bond donors (Lipinski definition) is 2. The van der Waals surface area contributed by atoms with Gasteiger partial charge in [-0.25, -0.2) is 4.79 Å². The Hall–Kier alpha value is -2.60. The molecule has 6 heteroatoms. The summed E-state index contributed by atoms with van der Waals surface area (Å²) in [5, 5.41) is 14.6. The first-order chi connectivity index (χ1) is 12.2. The van der Waals surface area contributed by atoms with Crippen LogP contribution in [0, 0.1) is 0 Å². The molecule has 1 heterocycles. The highest BCUT2D eigenvalue weighted by molar-refractivity contribution is 5.85. The molecule has 1 aliphatic heterocycles. The maximum atomic E-state index is 11.8. The topological polar surface area (TPSA) is 78.9 Å². The van der Waals surface area contributed by atoms with E-state index >= 15 is 0 Å². The number of nitrogens with zero attached hydrogens (tertiary/aromatic N) is 1. The Balaban J connectivity index is 1.66. The van der Waals surface area contributed by atoms with Gasteiger partial charge in [-0.3, -0.25) is 9.69 Å². The van der Waals surface area contributed by atoms with Crippen LogP contribution in [0.15, 0.2) is 42.5 Å². The lowest BCUT2D eigenvalue weighted by molar-refractivity contribution is -0.145. The minimum Gasteiger partial charge on any atom is -0.480 e. The summed E-state index contributed by atoms with van der Waals surface area (Å²) in [5.41, 5.74) is 0.189. The number of hydrogen-bond acceptors (Lipinski definition) is 4. The first-order valence-corrected chi connectivity index (χ1v) is 8.68. The van der Waals surface area contributed by atoms with E-state index in [-0.39, 0.29) is 6.04 Å². The van der Waals surface area contributed by atoms with E-state index in [1.165, 1.54) is 0 Å². The first-order valence-electron chi connectivity index (χ1n) is 8.68. The zero-order valence-corrected chi connectivity index (χ0v) is 15.2. The quantitative estimate of drug-likeness (QED) is 0.880. The fourth-order valence-corrected chi connectivity index (χ4v) is 3.18. The molecule has 2 aromatic rings. The van der Waals surface area contributed by atoms with Gasteiger partial charge in [0.15, 0.2) is 0 Å². The molecule has 1 saturated heterocycles. The Labute approximate surface area is 152 Å². The number of carbonyl (C=O) groups excluding carboxylic acids is 1. The summed E-state index contributed by atoms with van der Waals surface area (Å²) < 4.78 is 5.24. The van der Waals surface area contributed by atoms with E-state index in [4.69, 9.17) is 4.74 Å². The molecule has 2 N–H and O–H groups in total. The van der Waals surface area contributed by atoms with E-state index in [0.717, 1.165) is 16.3 Å². The van der Waals surface area contributed by atoms with Gasteiger partial charge in [-0.1, -0.05) is 36.4 Å². The zero-order chi connectivity index (χ0) is 18.9. The molecular formula is C20H24N2O4. The van der Waals surface area contributed by atoms with Crippen molar-refractivity contribution in [3.05, 3.63) is 48.0 Å². The summed E-state index contributed by atoms with van der Waals surface area (Å²) >= 11 is 0. The number of likely N-dealkylation sites (tertiary alicyclic amines) is 1. The van der Waals surface area contributed by atoms with E-state index in [2.05, 4.69) is 5.32 Å². The number of aliphatic carboxylic acids is 1. The molecule has 6 nitrogen and oxygen atoms in total. The predicted molar refractivity (Wildman–Crippen MR) is 99.1 cm³/mol. The average Bonchev–Trinajstić information content (AvgIpc) is 2.50. The highest BCUT2D eigenvalue weighted by Gasteiger charge is 2.38. The second-order valence-corrected chi connectivity index (χ2v) is 7.64. The van der Waals surface area contributed by atoms with Crippen LogP contribution < -0.4 is 5.32 Å². The largest absolute Gasteiger partial charge is 0.480 e. The SMILES string of the molecule is CC(C)(C)OC(=O)NC1CN([C@@H](C(=O)O)c2ccc3ccccc3c2)C1. The molecular weight excluding hydrogens is 332 g/mol. The second kappa shape index (κ2) is 6.96. The van der Waals surface area contributed by atoms with Crippen molar-refractivity contribution < 1.29 is 19.4 Å². The molecule has 0 bridgehead atoms. The number of benzene rings is 2. The molecule has 1 aliphatic rings. The summed E-state index contributed by atoms with van der Waals surface area (Å²) in [4.78, 5) is 25.5. The van der Waals surface area contributed by atoms with Crippen molar-refractivity contribution in [2.45, 2.75) is 38.5 Å². The fraction of sp³-hybridized carbons (Fsp3) is 0.400. The van der Waals surface area contributed by atoms with Gasteiger partial charge in [-0.2, -0.15) is 0 Å². The molecule has 0 aromatic heterocycles. The number of fused-ring (bicyclic) bond motifs is 1. The zero-order valence-electron chi connectivity index (χ0n) is 15.2. The number of rotatable bonds is 4. The molecule has 0 saturated carbocycles. The van der Waals surface area contributed by atoms with E-state index < -0.39 is 23.7 Å². The van der Waals surface area contributed by atoms with Crippen molar-refractivity contribution in [1.82, 2.24) is 10.2 Å². The van der Waals surface area contributed by atoms with Crippen molar-refractivity contribution in [1.29, 1.82) is 0 Å². The lowest BCUT2D eigenvalue weighted by Gasteiger charge is -2.43. The maximum Gasteiger partial charge on any atom is 0.407 e. The summed E-state index contributed by atoms with van der Waals surface area (Å²) in [6.07, 6.45) is -0.472. The minimum atomic E-state index is -0.893. The molecule has 1 fully saturated rings. The van der Waals surface area contributed by atoms with Crippen LogP contribution in [-0.2, 0) is 9.53 Å². The van der Waals surface area contributed by atoms with Gasteiger partial charge in [-0.05, 0) is 43.2 Å². The van der Waals surface area contributed by atoms with E-state index in [0.29, 0.717) is 13.1 Å². The average molecular weight is 356 g/mol. The van der Waals surface area contributed by atoms with Crippen molar-refractivity contribution in [3.63, 3.8) is 0 Å². The Morgan fingerprint density at radius 2 is 1.81 bits per heavy atom. The van der Waals surface area contributed by atoms with Crippen LogP contribution in [0.4, 0.5) is 4.79 Å². The van der Waals surface area contributed by atoms with Gasteiger partial charge in [-0.15, -0.1) is 0 Å². The smallest absolute Gasteiger partial charge is 0.407 e. The van der Waals surface area contributed by atoms with Gasteiger partial charge in [0.2, 0.25) is 0 Å². The van der Waals surface area contributed by atoms with Crippen LogP contribution in [0.1, 0.15) is 32.4 Å². The summed E-state index contributed by atoms with van der Waals surface area (Å²) in [5.74, 6) is -0.893. The number of carboxylic acid groups (broad SMARTS) is 1. The Bertz CT molecular complexity index is 822. The Morgan fingerprint density at radius 3 is 2.42 bits per heavy atom. The highest BCUT2D eigenvalue weighted by Crippen LogP contribution is 2.29. The summed E-state index contributed by atoms with van der Waals surface area (Å²) in [6.45, 7) is 6.37. The lowest BCUT2D eigenvalue weighted by atomic mass is 9.97. The second-order valence-electron chi connectivity index (χ2n) is 7.64. The van der Waals surface area contributed by atoms with Crippen molar-refractivity contribution in [2.75, 3.05) is 13.1 Å². The van der Waals surface area contributed by atoms with E-state index in [9.17, 15) is 14.7 Å². The Morgan fingerprint density at radius 1 is 1.15 bits per heavy atom. The molecule has 26 heavy (non-hydrogen) atoms. The highest BCUT2D eigenvalue weighted by atomic mass is 16.6. The number of nitrogens with one attached hydrogen (secondary N) is 1. The van der Waals surface area contributed by atoms with Crippen molar-refractivity contribution >= 4 is 22.8 Å². The van der Waals surface area contributed by atoms with Gasteiger partial charge in [0.1, 0.15) is 11.6 Å². The van der Waals surface area contributed by atoms with Gasteiger partial charge in [0.05, 0.1) is 6.04 Å². The van der Waals surface area contributed by atoms with Crippen LogP contribution >= 0.6 is 0 Å². The van der Waals surface area contributed by atoms with Crippen LogP contribution in [0.2, 0.25) is 0 Å². The van der Waals surface area contributed by atoms with Gasteiger partial charge in [0.25, 0.3) is 0 Å². The van der Waals surface area contributed by atoms with Gasteiger partial charge in [0, 0.05) is 13.1 Å². The number of ether oxygens (including phenoxy) is 1. The van der Waals surface area contributed by atoms with Crippen LogP contribution in [-0.4, -0.2) is 46.8 Å². The third-order valence-electron chi connectivity index (χ3n) is 4.32. The van der Waals surface area contributed by atoms with E-state index in [1.54, 1.807) is 20.8 Å². The molecule has 0 spiro atoms.